The third kappa shape index (κ3) is 7.74. The SMILES string of the molecule is CCOc1cc(C=NNC(=O)CCNC(=O)c2ccc(OC)cc2)cc(I)c1OCC. The van der Waals surface area contributed by atoms with Crippen molar-refractivity contribution in [3.8, 4) is 17.2 Å². The Kier molecular flexibility index (Phi) is 10.1. The second-order valence-corrected chi connectivity index (χ2v) is 7.39. The van der Waals surface area contributed by atoms with Crippen molar-refractivity contribution in [3.05, 3.63) is 51.1 Å². The molecule has 0 bridgehead atoms. The Bertz CT molecular complexity index is 916. The summed E-state index contributed by atoms with van der Waals surface area (Å²) < 4.78 is 17.2. The van der Waals surface area contributed by atoms with E-state index in [-0.39, 0.29) is 24.8 Å². The Labute approximate surface area is 195 Å². The summed E-state index contributed by atoms with van der Waals surface area (Å²) in [6.07, 6.45) is 1.64. The van der Waals surface area contributed by atoms with E-state index in [0.717, 1.165) is 9.13 Å². The Morgan fingerprint density at radius 1 is 1.10 bits per heavy atom. The second kappa shape index (κ2) is 12.8. The summed E-state index contributed by atoms with van der Waals surface area (Å²) in [7, 11) is 1.56. The molecular weight excluding hydrogens is 513 g/mol. The van der Waals surface area contributed by atoms with Crippen LogP contribution in [0.2, 0.25) is 0 Å². The van der Waals surface area contributed by atoms with Crippen molar-refractivity contribution >= 4 is 40.6 Å². The normalized spacial score (nSPS) is 10.6. The Morgan fingerprint density at radius 2 is 1.81 bits per heavy atom. The van der Waals surface area contributed by atoms with Crippen molar-refractivity contribution in [1.82, 2.24) is 10.7 Å². The summed E-state index contributed by atoms with van der Waals surface area (Å²) in [5, 5.41) is 6.68. The average molecular weight is 539 g/mol. The van der Waals surface area contributed by atoms with Gasteiger partial charge in [0.1, 0.15) is 5.75 Å². The number of hydrogen-bond acceptors (Lipinski definition) is 6. The molecule has 0 radical (unpaired) electrons. The third-order valence-electron chi connectivity index (χ3n) is 4.01. The lowest BCUT2D eigenvalue weighted by Crippen LogP contribution is -2.29. The van der Waals surface area contributed by atoms with E-state index in [4.69, 9.17) is 14.2 Å². The van der Waals surface area contributed by atoms with Gasteiger partial charge in [0, 0.05) is 18.5 Å². The molecule has 0 aliphatic heterocycles. The zero-order valence-electron chi connectivity index (χ0n) is 17.7. The van der Waals surface area contributed by atoms with Gasteiger partial charge < -0.3 is 19.5 Å². The molecule has 8 nitrogen and oxygen atoms in total. The summed E-state index contributed by atoms with van der Waals surface area (Å²) >= 11 is 2.17. The molecule has 31 heavy (non-hydrogen) atoms. The van der Waals surface area contributed by atoms with Gasteiger partial charge in [0.2, 0.25) is 5.91 Å². The molecule has 0 atom stereocenters. The van der Waals surface area contributed by atoms with E-state index < -0.39 is 0 Å². The maximum absolute atomic E-state index is 12.1. The Balaban J connectivity index is 1.84. The minimum Gasteiger partial charge on any atom is -0.497 e. The van der Waals surface area contributed by atoms with E-state index in [9.17, 15) is 9.59 Å². The van der Waals surface area contributed by atoms with Crippen LogP contribution in [0.4, 0.5) is 0 Å². The first kappa shape index (κ1) is 24.4. The van der Waals surface area contributed by atoms with E-state index in [0.29, 0.717) is 36.0 Å². The molecule has 166 valence electrons. The van der Waals surface area contributed by atoms with Crippen LogP contribution in [-0.2, 0) is 4.79 Å². The maximum atomic E-state index is 12.1. The zero-order valence-corrected chi connectivity index (χ0v) is 19.9. The van der Waals surface area contributed by atoms with Crippen molar-refractivity contribution in [1.29, 1.82) is 0 Å². The molecule has 2 N–H and O–H groups in total. The first-order chi connectivity index (χ1) is 15.0. The monoisotopic (exact) mass is 539 g/mol. The summed E-state index contributed by atoms with van der Waals surface area (Å²) in [6.45, 7) is 5.05. The summed E-state index contributed by atoms with van der Waals surface area (Å²) in [5.41, 5.74) is 3.72. The molecule has 0 saturated carbocycles. The summed E-state index contributed by atoms with van der Waals surface area (Å²) in [5.74, 6) is 1.43. The number of nitrogens with one attached hydrogen (secondary N) is 2. The quantitative estimate of drug-likeness (QED) is 0.259. The van der Waals surface area contributed by atoms with Gasteiger partial charge in [0.25, 0.3) is 5.91 Å². The highest BCUT2D eigenvalue weighted by Crippen LogP contribution is 2.33. The molecule has 0 fully saturated rings. The van der Waals surface area contributed by atoms with Crippen LogP contribution in [0.15, 0.2) is 41.5 Å². The van der Waals surface area contributed by atoms with Gasteiger partial charge in [0.05, 0.1) is 30.1 Å². The van der Waals surface area contributed by atoms with Crippen LogP contribution in [0.5, 0.6) is 17.2 Å². The van der Waals surface area contributed by atoms with Crippen molar-refractivity contribution in [2.24, 2.45) is 5.10 Å². The van der Waals surface area contributed by atoms with Crippen LogP contribution in [-0.4, -0.2) is 44.9 Å². The molecular formula is C22H26IN3O5. The van der Waals surface area contributed by atoms with Crippen LogP contribution in [0.1, 0.15) is 36.2 Å². The van der Waals surface area contributed by atoms with Crippen LogP contribution in [0, 0.1) is 3.57 Å². The molecule has 9 heteroatoms. The fourth-order valence-corrected chi connectivity index (χ4v) is 3.36. The number of benzene rings is 2. The zero-order chi connectivity index (χ0) is 22.6. The number of hydrazone groups is 1. The van der Waals surface area contributed by atoms with Gasteiger partial charge in [0.15, 0.2) is 11.5 Å². The molecule has 0 aromatic heterocycles. The summed E-state index contributed by atoms with van der Waals surface area (Å²) in [6, 6.07) is 10.4. The molecule has 0 unspecified atom stereocenters. The highest BCUT2D eigenvalue weighted by atomic mass is 127. The van der Waals surface area contributed by atoms with Crippen molar-refractivity contribution in [2.45, 2.75) is 20.3 Å². The topological polar surface area (TPSA) is 98.2 Å². The highest BCUT2D eigenvalue weighted by Gasteiger charge is 2.11. The van der Waals surface area contributed by atoms with Gasteiger partial charge in [-0.15, -0.1) is 0 Å². The number of hydrogen-bond donors (Lipinski definition) is 2. The Morgan fingerprint density at radius 3 is 2.45 bits per heavy atom. The van der Waals surface area contributed by atoms with E-state index in [2.05, 4.69) is 38.4 Å². The van der Waals surface area contributed by atoms with Gasteiger partial charge in [-0.2, -0.15) is 5.10 Å². The van der Waals surface area contributed by atoms with Gasteiger partial charge in [-0.3, -0.25) is 9.59 Å². The predicted molar refractivity (Wildman–Crippen MR) is 127 cm³/mol. The molecule has 0 heterocycles. The smallest absolute Gasteiger partial charge is 0.251 e. The predicted octanol–water partition coefficient (Wildman–Crippen LogP) is 3.37. The van der Waals surface area contributed by atoms with Gasteiger partial charge in [-0.1, -0.05) is 0 Å². The number of methoxy groups -OCH3 is 1. The van der Waals surface area contributed by atoms with E-state index >= 15 is 0 Å². The lowest BCUT2D eigenvalue weighted by molar-refractivity contribution is -0.120. The van der Waals surface area contributed by atoms with Gasteiger partial charge in [-0.25, -0.2) is 5.43 Å². The fraction of sp³-hybridized carbons (Fsp3) is 0.318. The molecule has 2 aromatic carbocycles. The molecule has 0 aliphatic carbocycles. The van der Waals surface area contributed by atoms with Crippen molar-refractivity contribution < 1.29 is 23.8 Å². The molecule has 0 aliphatic rings. The first-order valence-corrected chi connectivity index (χ1v) is 10.9. The molecule has 0 saturated heterocycles. The lowest BCUT2D eigenvalue weighted by Gasteiger charge is -2.13. The maximum Gasteiger partial charge on any atom is 0.251 e. The van der Waals surface area contributed by atoms with E-state index in [1.54, 1.807) is 37.4 Å². The second-order valence-electron chi connectivity index (χ2n) is 6.22. The van der Waals surface area contributed by atoms with Crippen LogP contribution in [0.3, 0.4) is 0 Å². The van der Waals surface area contributed by atoms with Gasteiger partial charge >= 0.3 is 0 Å². The minimum atomic E-state index is -0.308. The number of halogens is 1. The number of nitrogens with zero attached hydrogens (tertiary/aromatic N) is 1. The van der Waals surface area contributed by atoms with Crippen molar-refractivity contribution in [3.63, 3.8) is 0 Å². The Hall–Kier alpha value is -2.82. The minimum absolute atomic E-state index is 0.101. The van der Waals surface area contributed by atoms with E-state index in [1.165, 1.54) is 6.21 Å². The molecule has 2 rings (SSSR count). The number of rotatable bonds is 11. The van der Waals surface area contributed by atoms with Crippen LogP contribution >= 0.6 is 22.6 Å². The third-order valence-corrected chi connectivity index (χ3v) is 4.81. The largest absolute Gasteiger partial charge is 0.497 e. The van der Waals surface area contributed by atoms with Crippen molar-refractivity contribution in [2.75, 3.05) is 26.9 Å². The van der Waals surface area contributed by atoms with Crippen LogP contribution < -0.4 is 25.0 Å². The fourth-order valence-electron chi connectivity index (χ4n) is 2.58. The van der Waals surface area contributed by atoms with Gasteiger partial charge in [-0.05, 0) is 78.4 Å². The number of amides is 2. The number of ether oxygens (including phenoxy) is 3. The molecule has 2 aromatic rings. The summed E-state index contributed by atoms with van der Waals surface area (Å²) in [4.78, 5) is 24.1. The van der Waals surface area contributed by atoms with E-state index in [1.807, 2.05) is 19.9 Å². The number of carbonyl (C=O) groups is 2. The molecule has 2 amide bonds. The lowest BCUT2D eigenvalue weighted by atomic mass is 10.2. The first-order valence-electron chi connectivity index (χ1n) is 9.81. The average Bonchev–Trinajstić information content (AvgIpc) is 2.76. The molecule has 0 spiro atoms. The van der Waals surface area contributed by atoms with Crippen LogP contribution in [0.25, 0.3) is 0 Å². The highest BCUT2D eigenvalue weighted by molar-refractivity contribution is 14.1. The number of carbonyl (C=O) groups excluding carboxylic acids is 2. The standard InChI is InChI=1S/C22H26IN3O5/c1-4-30-19-13-15(12-18(23)21(19)31-5-2)14-25-26-20(27)10-11-24-22(28)16-6-8-17(29-3)9-7-16/h6-9,12-14H,4-5,10-11H2,1-3H3,(H,24,28)(H,26,27).